The molecule has 1 aromatic carbocycles. The SMILES string of the molecule is CCOC1(C(Cc2c(F)cccc2F)NC)CCCCC1. The van der Waals surface area contributed by atoms with Gasteiger partial charge in [0.25, 0.3) is 0 Å². The largest absolute Gasteiger partial charge is 0.374 e. The quantitative estimate of drug-likeness (QED) is 0.861. The van der Waals surface area contributed by atoms with Crippen LogP contribution in [0, 0.1) is 11.6 Å². The lowest BCUT2D eigenvalue weighted by Gasteiger charge is -2.43. The summed E-state index contributed by atoms with van der Waals surface area (Å²) < 4.78 is 33.9. The molecular formula is C17H25F2NO. The Balaban J connectivity index is 2.24. The van der Waals surface area contributed by atoms with E-state index in [0.717, 1.165) is 25.7 Å². The van der Waals surface area contributed by atoms with Crippen LogP contribution in [0.15, 0.2) is 18.2 Å². The van der Waals surface area contributed by atoms with Crippen LogP contribution in [0.25, 0.3) is 0 Å². The van der Waals surface area contributed by atoms with Crippen LogP contribution in [0.5, 0.6) is 0 Å². The highest BCUT2D eigenvalue weighted by Gasteiger charge is 2.40. The van der Waals surface area contributed by atoms with Crippen molar-refractivity contribution in [2.75, 3.05) is 13.7 Å². The normalized spacial score (nSPS) is 19.4. The molecule has 1 atom stereocenters. The number of likely N-dealkylation sites (N-methyl/N-ethyl adjacent to an activating group) is 1. The highest BCUT2D eigenvalue weighted by Crippen LogP contribution is 2.36. The van der Waals surface area contributed by atoms with Crippen molar-refractivity contribution in [3.05, 3.63) is 35.4 Å². The average Bonchev–Trinajstić information content (AvgIpc) is 2.48. The lowest BCUT2D eigenvalue weighted by molar-refractivity contribution is -0.0885. The Labute approximate surface area is 125 Å². The average molecular weight is 297 g/mol. The minimum Gasteiger partial charge on any atom is -0.374 e. The molecule has 1 unspecified atom stereocenters. The molecule has 2 rings (SSSR count). The van der Waals surface area contributed by atoms with Gasteiger partial charge in [0.15, 0.2) is 0 Å². The molecule has 0 heterocycles. The van der Waals surface area contributed by atoms with Gasteiger partial charge in [-0.25, -0.2) is 8.78 Å². The first-order valence-corrected chi connectivity index (χ1v) is 7.87. The molecule has 118 valence electrons. The minimum absolute atomic E-state index is 0.0795. The number of hydrogen-bond donors (Lipinski definition) is 1. The van der Waals surface area contributed by atoms with Gasteiger partial charge in [0.2, 0.25) is 0 Å². The van der Waals surface area contributed by atoms with Crippen molar-refractivity contribution >= 4 is 0 Å². The summed E-state index contributed by atoms with van der Waals surface area (Å²) in [6.07, 6.45) is 5.63. The summed E-state index contributed by atoms with van der Waals surface area (Å²) in [5.41, 5.74) is -0.155. The fourth-order valence-corrected chi connectivity index (χ4v) is 3.51. The van der Waals surface area contributed by atoms with Crippen LogP contribution in [0.2, 0.25) is 0 Å². The molecule has 1 N–H and O–H groups in total. The van der Waals surface area contributed by atoms with Crippen LogP contribution in [-0.2, 0) is 11.2 Å². The topological polar surface area (TPSA) is 21.3 Å². The first-order valence-electron chi connectivity index (χ1n) is 7.87. The lowest BCUT2D eigenvalue weighted by atomic mass is 9.77. The number of rotatable bonds is 6. The maximum atomic E-state index is 13.9. The van der Waals surface area contributed by atoms with Crippen LogP contribution >= 0.6 is 0 Å². The van der Waals surface area contributed by atoms with E-state index in [1.54, 1.807) is 0 Å². The van der Waals surface area contributed by atoms with Gasteiger partial charge in [0.1, 0.15) is 11.6 Å². The molecule has 1 aliphatic rings. The summed E-state index contributed by atoms with van der Waals surface area (Å²) in [6.45, 7) is 2.60. The zero-order valence-electron chi connectivity index (χ0n) is 12.9. The highest BCUT2D eigenvalue weighted by molar-refractivity contribution is 5.22. The van der Waals surface area contributed by atoms with E-state index in [1.807, 2.05) is 14.0 Å². The van der Waals surface area contributed by atoms with Crippen molar-refractivity contribution < 1.29 is 13.5 Å². The fourth-order valence-electron chi connectivity index (χ4n) is 3.51. The highest BCUT2D eigenvalue weighted by atomic mass is 19.1. The number of hydrogen-bond acceptors (Lipinski definition) is 2. The van der Waals surface area contributed by atoms with E-state index in [0.29, 0.717) is 13.0 Å². The first kappa shape index (κ1) is 16.4. The molecule has 1 saturated carbocycles. The van der Waals surface area contributed by atoms with Gasteiger partial charge in [-0.05, 0) is 45.4 Å². The Morgan fingerprint density at radius 1 is 1.19 bits per heavy atom. The first-order chi connectivity index (χ1) is 10.1. The van der Waals surface area contributed by atoms with Gasteiger partial charge >= 0.3 is 0 Å². The molecule has 0 spiro atoms. The van der Waals surface area contributed by atoms with E-state index < -0.39 is 11.6 Å². The standard InChI is InChI=1S/C17H25F2NO/c1-3-21-17(10-5-4-6-11-17)16(20-2)12-13-14(18)8-7-9-15(13)19/h7-9,16,20H,3-6,10-12H2,1-2H3. The Kier molecular flexibility index (Phi) is 5.71. The number of halogens is 2. The molecule has 21 heavy (non-hydrogen) atoms. The van der Waals surface area contributed by atoms with Gasteiger partial charge in [-0.2, -0.15) is 0 Å². The molecule has 0 aromatic heterocycles. The third-order valence-electron chi connectivity index (χ3n) is 4.59. The van der Waals surface area contributed by atoms with Crippen molar-refractivity contribution in [1.82, 2.24) is 5.32 Å². The predicted octanol–water partition coefficient (Wildman–Crippen LogP) is 3.83. The Morgan fingerprint density at radius 3 is 2.33 bits per heavy atom. The van der Waals surface area contributed by atoms with Gasteiger partial charge in [0.05, 0.1) is 5.60 Å². The second kappa shape index (κ2) is 7.32. The van der Waals surface area contributed by atoms with Crippen LogP contribution in [0.3, 0.4) is 0 Å². The van der Waals surface area contributed by atoms with E-state index in [9.17, 15) is 8.78 Å². The van der Waals surface area contributed by atoms with Crippen LogP contribution in [0.1, 0.15) is 44.6 Å². The zero-order valence-corrected chi connectivity index (χ0v) is 12.9. The smallest absolute Gasteiger partial charge is 0.129 e. The van der Waals surface area contributed by atoms with E-state index in [1.165, 1.54) is 24.6 Å². The van der Waals surface area contributed by atoms with Gasteiger partial charge in [0, 0.05) is 18.2 Å². The third-order valence-corrected chi connectivity index (χ3v) is 4.59. The molecule has 0 aliphatic heterocycles. The molecule has 1 aromatic rings. The predicted molar refractivity (Wildman–Crippen MR) is 80.4 cm³/mol. The van der Waals surface area contributed by atoms with Crippen LogP contribution in [-0.4, -0.2) is 25.3 Å². The molecule has 0 saturated heterocycles. The maximum Gasteiger partial charge on any atom is 0.129 e. The maximum absolute atomic E-state index is 13.9. The van der Waals surface area contributed by atoms with Gasteiger partial charge in [-0.3, -0.25) is 0 Å². The van der Waals surface area contributed by atoms with Gasteiger partial charge < -0.3 is 10.1 Å². The van der Waals surface area contributed by atoms with Gasteiger partial charge in [-0.1, -0.05) is 25.3 Å². The van der Waals surface area contributed by atoms with Crippen LogP contribution < -0.4 is 5.32 Å². The molecule has 1 fully saturated rings. The Morgan fingerprint density at radius 2 is 1.81 bits per heavy atom. The number of benzene rings is 1. The molecule has 0 radical (unpaired) electrons. The summed E-state index contributed by atoms with van der Waals surface area (Å²) in [7, 11) is 1.85. The molecule has 2 nitrogen and oxygen atoms in total. The van der Waals surface area contributed by atoms with Crippen molar-refractivity contribution in [1.29, 1.82) is 0 Å². The lowest BCUT2D eigenvalue weighted by Crippen LogP contribution is -2.54. The van der Waals surface area contributed by atoms with Crippen molar-refractivity contribution in [2.45, 2.75) is 57.1 Å². The van der Waals surface area contributed by atoms with Gasteiger partial charge in [-0.15, -0.1) is 0 Å². The summed E-state index contributed by atoms with van der Waals surface area (Å²) in [5, 5.41) is 3.24. The number of nitrogens with one attached hydrogen (secondary N) is 1. The number of ether oxygens (including phenoxy) is 1. The molecule has 1 aliphatic carbocycles. The summed E-state index contributed by atoms with van der Waals surface area (Å²) >= 11 is 0. The van der Waals surface area contributed by atoms with Crippen LogP contribution in [0.4, 0.5) is 8.78 Å². The summed E-state index contributed by atoms with van der Waals surface area (Å²) in [4.78, 5) is 0. The van der Waals surface area contributed by atoms with E-state index >= 15 is 0 Å². The zero-order chi connectivity index (χ0) is 15.3. The van der Waals surface area contributed by atoms with E-state index in [-0.39, 0.29) is 17.2 Å². The fraction of sp³-hybridized carbons (Fsp3) is 0.647. The third kappa shape index (κ3) is 3.61. The molecule has 0 bridgehead atoms. The van der Waals surface area contributed by atoms with Crippen molar-refractivity contribution in [3.63, 3.8) is 0 Å². The second-order valence-electron chi connectivity index (χ2n) is 5.80. The second-order valence-corrected chi connectivity index (χ2v) is 5.80. The van der Waals surface area contributed by atoms with E-state index in [2.05, 4.69) is 5.32 Å². The van der Waals surface area contributed by atoms with Crippen molar-refractivity contribution in [2.24, 2.45) is 0 Å². The minimum atomic E-state index is -0.474. The summed E-state index contributed by atoms with van der Waals surface area (Å²) in [5.74, 6) is -0.949. The van der Waals surface area contributed by atoms with Crippen molar-refractivity contribution in [3.8, 4) is 0 Å². The molecule has 4 heteroatoms. The Hall–Kier alpha value is -1.00. The molecular weight excluding hydrogens is 272 g/mol. The van der Waals surface area contributed by atoms with E-state index in [4.69, 9.17) is 4.74 Å². The summed E-state index contributed by atoms with van der Waals surface area (Å²) in [6, 6.07) is 3.96. The Bertz CT molecular complexity index is 432. The molecule has 0 amide bonds. The monoisotopic (exact) mass is 297 g/mol.